The number of rotatable bonds is 2. The van der Waals surface area contributed by atoms with Crippen LogP contribution in [-0.4, -0.2) is 53.5 Å². The zero-order valence-electron chi connectivity index (χ0n) is 16.0. The van der Waals surface area contributed by atoms with Crippen molar-refractivity contribution in [1.29, 1.82) is 0 Å². The molecule has 7 nitrogen and oxygen atoms in total. The predicted molar refractivity (Wildman–Crippen MR) is 102 cm³/mol. The van der Waals surface area contributed by atoms with E-state index in [4.69, 9.17) is 9.15 Å². The molecule has 0 spiro atoms. The van der Waals surface area contributed by atoms with Crippen molar-refractivity contribution < 1.29 is 27.4 Å². The van der Waals surface area contributed by atoms with Crippen molar-refractivity contribution in [2.45, 2.75) is 25.2 Å². The van der Waals surface area contributed by atoms with Gasteiger partial charge in [0, 0.05) is 25.2 Å². The summed E-state index contributed by atoms with van der Waals surface area (Å²) >= 11 is 0. The van der Waals surface area contributed by atoms with E-state index in [0.717, 1.165) is 19.2 Å². The molecule has 30 heavy (non-hydrogen) atoms. The summed E-state index contributed by atoms with van der Waals surface area (Å²) < 4.78 is 50.6. The van der Waals surface area contributed by atoms with E-state index in [1.165, 1.54) is 6.92 Å². The van der Waals surface area contributed by atoms with E-state index in [1.54, 1.807) is 12.1 Å². The number of pyridine rings is 1. The van der Waals surface area contributed by atoms with Gasteiger partial charge in [0.15, 0.2) is 5.58 Å². The van der Waals surface area contributed by atoms with Crippen molar-refractivity contribution in [3.63, 3.8) is 0 Å². The normalized spacial score (nSPS) is 21.9. The predicted octanol–water partition coefficient (Wildman–Crippen LogP) is 3.10. The van der Waals surface area contributed by atoms with Crippen LogP contribution in [0.3, 0.4) is 0 Å². The number of nitrogens with zero attached hydrogens (tertiary/aromatic N) is 3. The van der Waals surface area contributed by atoms with Gasteiger partial charge in [-0.3, -0.25) is 0 Å². The minimum atomic E-state index is -4.54. The van der Waals surface area contributed by atoms with Gasteiger partial charge in [-0.25, -0.2) is 4.98 Å². The lowest BCUT2D eigenvalue weighted by atomic mass is 10.0. The number of phenolic OH excluding ortho intramolecular Hbond substituents is 1. The zero-order valence-corrected chi connectivity index (χ0v) is 16.0. The minimum Gasteiger partial charge on any atom is -0.507 e. The molecule has 2 fully saturated rings. The second kappa shape index (κ2) is 6.85. The van der Waals surface area contributed by atoms with Gasteiger partial charge in [0.25, 0.3) is 6.01 Å². The lowest BCUT2D eigenvalue weighted by Gasteiger charge is -2.35. The van der Waals surface area contributed by atoms with Crippen LogP contribution in [0, 0.1) is 6.92 Å². The number of halogens is 3. The molecule has 2 atom stereocenters. The van der Waals surface area contributed by atoms with Crippen molar-refractivity contribution in [1.82, 2.24) is 15.3 Å². The van der Waals surface area contributed by atoms with Gasteiger partial charge >= 0.3 is 6.18 Å². The van der Waals surface area contributed by atoms with Gasteiger partial charge in [-0.1, -0.05) is 0 Å². The van der Waals surface area contributed by atoms with Crippen molar-refractivity contribution in [3.8, 4) is 17.0 Å². The van der Waals surface area contributed by atoms with E-state index in [2.05, 4.69) is 20.2 Å². The van der Waals surface area contributed by atoms with Crippen LogP contribution < -0.4 is 10.2 Å². The third-order valence-electron chi connectivity index (χ3n) is 5.58. The maximum absolute atomic E-state index is 13.0. The maximum atomic E-state index is 13.0. The largest absolute Gasteiger partial charge is 0.507 e. The average Bonchev–Trinajstić information content (AvgIpc) is 3.32. The van der Waals surface area contributed by atoms with Crippen LogP contribution in [0.25, 0.3) is 22.5 Å². The number of aromatic hydroxyl groups is 1. The molecule has 2 aliphatic rings. The summed E-state index contributed by atoms with van der Waals surface area (Å²) in [6.07, 6.45) is -4.46. The topological polar surface area (TPSA) is 83.7 Å². The summed E-state index contributed by atoms with van der Waals surface area (Å²) in [6.45, 7) is 4.25. The van der Waals surface area contributed by atoms with Gasteiger partial charge in [-0.2, -0.15) is 18.2 Å². The first-order valence-electron chi connectivity index (χ1n) is 9.59. The number of oxazole rings is 1. The third-order valence-corrected chi connectivity index (χ3v) is 5.58. The molecule has 0 saturated carbocycles. The summed E-state index contributed by atoms with van der Waals surface area (Å²) in [5.74, 6) is -0.481. The molecular formula is C20H19F3N4O3. The zero-order chi connectivity index (χ0) is 21.0. The Hall–Kier alpha value is -2.85. The number of benzene rings is 1. The Bertz CT molecular complexity index is 1090. The number of nitrogens with one attached hydrogen (secondary N) is 1. The van der Waals surface area contributed by atoms with Gasteiger partial charge in [0.05, 0.1) is 30.0 Å². The SMILES string of the molecule is Cc1cc(C(F)(F)F)cc(O)c1-c1ccc2oc(N3CCOC4CNCC43)nc2n1. The Balaban J connectivity index is 1.52. The van der Waals surface area contributed by atoms with E-state index in [1.807, 2.05) is 0 Å². The van der Waals surface area contributed by atoms with Crippen LogP contribution in [0.5, 0.6) is 5.75 Å². The molecule has 2 saturated heterocycles. The fourth-order valence-electron chi connectivity index (χ4n) is 4.16. The second-order valence-electron chi connectivity index (χ2n) is 7.53. The Morgan fingerprint density at radius 1 is 1.20 bits per heavy atom. The highest BCUT2D eigenvalue weighted by atomic mass is 19.4. The fraction of sp³-hybridized carbons (Fsp3) is 0.400. The van der Waals surface area contributed by atoms with E-state index < -0.39 is 17.5 Å². The average molecular weight is 420 g/mol. The Morgan fingerprint density at radius 3 is 2.80 bits per heavy atom. The number of morpholine rings is 1. The quantitative estimate of drug-likeness (QED) is 0.659. The van der Waals surface area contributed by atoms with Crippen LogP contribution in [0.15, 0.2) is 28.7 Å². The van der Waals surface area contributed by atoms with Gasteiger partial charge in [-0.05, 0) is 36.8 Å². The van der Waals surface area contributed by atoms with Crippen LogP contribution in [0.4, 0.5) is 19.2 Å². The number of phenols is 1. The molecule has 4 heterocycles. The first-order valence-corrected chi connectivity index (χ1v) is 9.59. The molecule has 3 aromatic rings. The number of aryl methyl sites for hydroxylation is 1. The molecule has 0 bridgehead atoms. The highest BCUT2D eigenvalue weighted by molar-refractivity contribution is 5.78. The van der Waals surface area contributed by atoms with Crippen molar-refractivity contribution in [3.05, 3.63) is 35.4 Å². The van der Waals surface area contributed by atoms with Gasteiger partial charge in [0.1, 0.15) is 5.75 Å². The molecule has 0 aliphatic carbocycles. The van der Waals surface area contributed by atoms with Crippen LogP contribution in [-0.2, 0) is 10.9 Å². The molecule has 2 aromatic heterocycles. The summed E-state index contributed by atoms with van der Waals surface area (Å²) in [7, 11) is 0. The van der Waals surface area contributed by atoms with Crippen LogP contribution >= 0.6 is 0 Å². The molecule has 2 unspecified atom stereocenters. The van der Waals surface area contributed by atoms with E-state index in [0.29, 0.717) is 42.2 Å². The molecular weight excluding hydrogens is 401 g/mol. The van der Waals surface area contributed by atoms with Crippen molar-refractivity contribution in [2.75, 3.05) is 31.1 Å². The van der Waals surface area contributed by atoms with E-state index in [-0.39, 0.29) is 23.3 Å². The maximum Gasteiger partial charge on any atom is 0.416 e. The van der Waals surface area contributed by atoms with Crippen molar-refractivity contribution in [2.24, 2.45) is 0 Å². The molecule has 0 amide bonds. The highest BCUT2D eigenvalue weighted by Gasteiger charge is 2.38. The minimum absolute atomic E-state index is 0.0732. The summed E-state index contributed by atoms with van der Waals surface area (Å²) in [4.78, 5) is 11.0. The standard InChI is InChI=1S/C20H19F3N4O3/c1-10-6-11(20(21,22)23)7-14(28)17(10)12-2-3-15-18(25-12)26-19(30-15)27-4-5-29-16-9-24-8-13(16)27/h2-3,6-7,13,16,24,28H,4-5,8-9H2,1H3. The number of fused-ring (bicyclic) bond motifs is 2. The number of aromatic nitrogens is 2. The van der Waals surface area contributed by atoms with Crippen LogP contribution in [0.2, 0.25) is 0 Å². The van der Waals surface area contributed by atoms with Gasteiger partial charge < -0.3 is 24.5 Å². The molecule has 2 N–H and O–H groups in total. The lowest BCUT2D eigenvalue weighted by molar-refractivity contribution is -0.137. The van der Waals surface area contributed by atoms with Crippen molar-refractivity contribution >= 4 is 17.2 Å². The fourth-order valence-corrected chi connectivity index (χ4v) is 4.16. The summed E-state index contributed by atoms with van der Waals surface area (Å²) in [5.41, 5.74) is 0.723. The molecule has 10 heteroatoms. The molecule has 158 valence electrons. The van der Waals surface area contributed by atoms with E-state index in [9.17, 15) is 18.3 Å². The Labute approximate surface area is 169 Å². The summed E-state index contributed by atoms with van der Waals surface area (Å²) in [6, 6.07) is 5.53. The number of hydrogen-bond donors (Lipinski definition) is 2. The second-order valence-corrected chi connectivity index (χ2v) is 7.53. The first kappa shape index (κ1) is 19.1. The molecule has 1 aromatic carbocycles. The molecule has 5 rings (SSSR count). The third kappa shape index (κ3) is 3.16. The molecule has 2 aliphatic heterocycles. The number of ether oxygens (including phenoxy) is 1. The lowest BCUT2D eigenvalue weighted by Crippen LogP contribution is -2.51. The highest BCUT2D eigenvalue weighted by Crippen LogP contribution is 2.39. The van der Waals surface area contributed by atoms with E-state index >= 15 is 0 Å². The number of anilines is 1. The Kier molecular flexibility index (Phi) is 4.37. The van der Waals surface area contributed by atoms with Gasteiger partial charge in [0.2, 0.25) is 5.65 Å². The number of alkyl halides is 3. The Morgan fingerprint density at radius 2 is 2.03 bits per heavy atom. The van der Waals surface area contributed by atoms with Gasteiger partial charge in [-0.15, -0.1) is 0 Å². The smallest absolute Gasteiger partial charge is 0.416 e. The number of hydrogen-bond acceptors (Lipinski definition) is 7. The summed E-state index contributed by atoms with van der Waals surface area (Å²) in [5, 5.41) is 13.6. The van der Waals surface area contributed by atoms with Crippen LogP contribution in [0.1, 0.15) is 11.1 Å². The molecule has 0 radical (unpaired) electrons. The first-order chi connectivity index (χ1) is 14.3. The monoisotopic (exact) mass is 420 g/mol.